The van der Waals surface area contributed by atoms with Gasteiger partial charge in [-0.05, 0) is 71.6 Å². The first-order valence-corrected chi connectivity index (χ1v) is 17.7. The monoisotopic (exact) mass is 633 g/mol. The summed E-state index contributed by atoms with van der Waals surface area (Å²) in [6, 6.07) is -0.408. The molecule has 3 atom stereocenters. The average Bonchev–Trinajstić information content (AvgIpc) is 3.41. The lowest BCUT2D eigenvalue weighted by atomic mass is 9.85. The van der Waals surface area contributed by atoms with Crippen LogP contribution in [0, 0.1) is 5.41 Å². The number of nitrogens with one attached hydrogen (secondary N) is 3. The van der Waals surface area contributed by atoms with Crippen LogP contribution in [-0.4, -0.2) is 61.6 Å². The van der Waals surface area contributed by atoms with Crippen molar-refractivity contribution in [2.45, 2.75) is 161 Å². The fraction of sp³-hybridized carbons (Fsp3) is 0.806. The van der Waals surface area contributed by atoms with Gasteiger partial charge in [-0.3, -0.25) is 9.59 Å². The molecule has 2 rings (SSSR count). The van der Waals surface area contributed by atoms with Gasteiger partial charge in [0.05, 0.1) is 19.1 Å². The zero-order chi connectivity index (χ0) is 33.0. The summed E-state index contributed by atoms with van der Waals surface area (Å²) in [5, 5.41) is 8.74. The highest BCUT2D eigenvalue weighted by atomic mass is 16.7. The molecule has 2 aliphatic rings. The molecule has 1 aliphatic heterocycles. The molecule has 0 aromatic heterocycles. The highest BCUT2D eigenvalue weighted by molar-refractivity contribution is 5.82. The van der Waals surface area contributed by atoms with Crippen molar-refractivity contribution in [3.63, 3.8) is 0 Å². The number of urea groups is 1. The zero-order valence-electron chi connectivity index (χ0n) is 28.9. The zero-order valence-corrected chi connectivity index (χ0v) is 28.9. The molecule has 3 N–H and O–H groups in total. The van der Waals surface area contributed by atoms with E-state index in [1.165, 1.54) is 51.4 Å². The predicted molar refractivity (Wildman–Crippen MR) is 180 cm³/mol. The van der Waals surface area contributed by atoms with E-state index in [-0.39, 0.29) is 43.0 Å². The third-order valence-electron chi connectivity index (χ3n) is 8.48. The molecular weight excluding hydrogens is 570 g/mol. The minimum atomic E-state index is -0.838. The predicted octanol–water partition coefficient (Wildman–Crippen LogP) is 7.25. The molecule has 9 nitrogen and oxygen atoms in total. The number of rotatable bonds is 21. The smallest absolute Gasteiger partial charge is 0.315 e. The fourth-order valence-electron chi connectivity index (χ4n) is 5.70. The second-order valence-corrected chi connectivity index (χ2v) is 13.8. The van der Waals surface area contributed by atoms with Crippen LogP contribution < -0.4 is 16.0 Å². The normalized spacial score (nSPS) is 22.5. The van der Waals surface area contributed by atoms with Crippen LogP contribution in [0.25, 0.3) is 0 Å². The Balaban J connectivity index is 1.49. The molecule has 1 aliphatic carbocycles. The minimum Gasteiger partial charge on any atom is -0.460 e. The van der Waals surface area contributed by atoms with Gasteiger partial charge >= 0.3 is 12.0 Å². The van der Waals surface area contributed by atoms with Crippen LogP contribution in [0.2, 0.25) is 0 Å². The number of unbranched alkanes of at least 4 members (excludes halogenated alkanes) is 9. The molecule has 0 aromatic carbocycles. The molecule has 45 heavy (non-hydrogen) atoms. The number of hydrogen-bond acceptors (Lipinski definition) is 6. The van der Waals surface area contributed by atoms with Gasteiger partial charge in [0, 0.05) is 18.5 Å². The largest absolute Gasteiger partial charge is 0.460 e. The summed E-state index contributed by atoms with van der Waals surface area (Å²) >= 11 is 0. The Morgan fingerprint density at radius 2 is 1.49 bits per heavy atom. The fourth-order valence-corrected chi connectivity index (χ4v) is 5.70. The summed E-state index contributed by atoms with van der Waals surface area (Å²) in [6.07, 6.45) is 24.9. The Morgan fingerprint density at radius 3 is 2.20 bits per heavy atom. The van der Waals surface area contributed by atoms with Gasteiger partial charge in [-0.2, -0.15) is 0 Å². The van der Waals surface area contributed by atoms with Gasteiger partial charge in [-0.15, -0.1) is 0 Å². The Morgan fingerprint density at radius 1 is 0.822 bits per heavy atom. The molecule has 0 radical (unpaired) electrons. The molecule has 258 valence electrons. The second kappa shape index (κ2) is 21.4. The third-order valence-corrected chi connectivity index (χ3v) is 8.48. The van der Waals surface area contributed by atoms with E-state index in [2.05, 4.69) is 47.2 Å². The van der Waals surface area contributed by atoms with Crippen LogP contribution >= 0.6 is 0 Å². The van der Waals surface area contributed by atoms with Crippen molar-refractivity contribution in [2.75, 3.05) is 19.7 Å². The van der Waals surface area contributed by atoms with Crippen molar-refractivity contribution >= 4 is 17.9 Å². The van der Waals surface area contributed by atoms with Crippen LogP contribution in [0.4, 0.5) is 4.79 Å². The first-order valence-electron chi connectivity index (χ1n) is 17.7. The summed E-state index contributed by atoms with van der Waals surface area (Å²) < 4.78 is 17.2. The molecule has 0 bridgehead atoms. The summed E-state index contributed by atoms with van der Waals surface area (Å²) in [6.45, 7) is 10.8. The van der Waals surface area contributed by atoms with E-state index < -0.39 is 17.3 Å². The standard InChI is InChI=1S/C36H63N3O6/c1-6-7-8-9-10-11-12-13-14-15-16-17-18-19-20-21-26-38-34(42)39-29-23-22-24-30(29)44-31(40)25-27-37-33(41)32-35(2,3)28-43-36(4,5)45-32/h11-12,14-15,29-30,32H,6-10,13,16-28H2,1-5H3,(H,37,41)(H2,38,39,42). The molecule has 2 fully saturated rings. The lowest BCUT2D eigenvalue weighted by Crippen LogP contribution is -2.56. The van der Waals surface area contributed by atoms with Crippen LogP contribution in [0.1, 0.15) is 137 Å². The number of hydrogen-bond donors (Lipinski definition) is 3. The molecular formula is C36H63N3O6. The lowest BCUT2D eigenvalue weighted by Gasteiger charge is -2.44. The molecule has 3 unspecified atom stereocenters. The first-order chi connectivity index (χ1) is 21.5. The van der Waals surface area contributed by atoms with E-state index >= 15 is 0 Å². The molecule has 1 saturated heterocycles. The molecule has 9 heteroatoms. The number of esters is 1. The number of ether oxygens (including phenoxy) is 3. The summed E-state index contributed by atoms with van der Waals surface area (Å²) in [7, 11) is 0. The minimum absolute atomic E-state index is 0.0566. The SMILES string of the molecule is CCCCCCC=CCC=CCCCCCCCNC(=O)NC1CCCC1OC(=O)CCNC(=O)C1OC(C)(C)OCC1(C)C. The Kier molecular flexibility index (Phi) is 18.5. The maximum Gasteiger partial charge on any atom is 0.315 e. The third kappa shape index (κ3) is 16.7. The van der Waals surface area contributed by atoms with Crippen molar-refractivity contribution in [3.8, 4) is 0 Å². The summed E-state index contributed by atoms with van der Waals surface area (Å²) in [5.74, 6) is -1.49. The Hall–Kier alpha value is -2.39. The highest BCUT2D eigenvalue weighted by Gasteiger charge is 2.45. The van der Waals surface area contributed by atoms with Gasteiger partial charge in [0.25, 0.3) is 0 Å². The Bertz CT molecular complexity index is 932. The second-order valence-electron chi connectivity index (χ2n) is 13.8. The maximum absolute atomic E-state index is 12.8. The van der Waals surface area contributed by atoms with E-state index in [0.29, 0.717) is 19.6 Å². The number of amides is 3. The first kappa shape index (κ1) is 38.8. The van der Waals surface area contributed by atoms with Crippen molar-refractivity contribution in [3.05, 3.63) is 24.3 Å². The number of allylic oxidation sites excluding steroid dienone is 4. The lowest BCUT2D eigenvalue weighted by molar-refractivity contribution is -0.304. The number of carbonyl (C=O) groups is 3. The van der Waals surface area contributed by atoms with E-state index in [4.69, 9.17) is 14.2 Å². The van der Waals surface area contributed by atoms with Crippen molar-refractivity contribution < 1.29 is 28.6 Å². The van der Waals surface area contributed by atoms with E-state index in [1.54, 1.807) is 13.8 Å². The molecule has 1 heterocycles. The molecule has 0 spiro atoms. The van der Waals surface area contributed by atoms with Crippen LogP contribution in [0.5, 0.6) is 0 Å². The van der Waals surface area contributed by atoms with E-state index in [0.717, 1.165) is 38.5 Å². The summed E-state index contributed by atoms with van der Waals surface area (Å²) in [5.41, 5.74) is -0.481. The average molecular weight is 634 g/mol. The van der Waals surface area contributed by atoms with Crippen molar-refractivity contribution in [2.24, 2.45) is 5.41 Å². The molecule has 3 amide bonds. The van der Waals surface area contributed by atoms with Gasteiger partial charge in [-0.25, -0.2) is 4.79 Å². The Labute approximate surface area is 273 Å². The summed E-state index contributed by atoms with van der Waals surface area (Å²) in [4.78, 5) is 37.7. The van der Waals surface area contributed by atoms with Crippen molar-refractivity contribution in [1.82, 2.24) is 16.0 Å². The molecule has 1 saturated carbocycles. The van der Waals surface area contributed by atoms with Gasteiger partial charge in [0.15, 0.2) is 5.79 Å². The van der Waals surface area contributed by atoms with Gasteiger partial charge < -0.3 is 30.2 Å². The van der Waals surface area contributed by atoms with Crippen molar-refractivity contribution in [1.29, 1.82) is 0 Å². The maximum atomic E-state index is 12.8. The van der Waals surface area contributed by atoms with Gasteiger partial charge in [0.2, 0.25) is 5.91 Å². The van der Waals surface area contributed by atoms with E-state index in [9.17, 15) is 14.4 Å². The van der Waals surface area contributed by atoms with Crippen LogP contribution in [0.3, 0.4) is 0 Å². The van der Waals surface area contributed by atoms with E-state index in [1.807, 2.05) is 13.8 Å². The topological polar surface area (TPSA) is 115 Å². The van der Waals surface area contributed by atoms with Gasteiger partial charge in [0.1, 0.15) is 12.2 Å². The quantitative estimate of drug-likeness (QED) is 0.0697. The molecule has 0 aromatic rings. The highest BCUT2D eigenvalue weighted by Crippen LogP contribution is 2.34. The van der Waals surface area contributed by atoms with Gasteiger partial charge in [-0.1, -0.05) is 83.6 Å². The van der Waals surface area contributed by atoms with Crippen LogP contribution in [-0.2, 0) is 23.8 Å². The van der Waals surface area contributed by atoms with Crippen LogP contribution in [0.15, 0.2) is 24.3 Å². The number of carbonyl (C=O) groups excluding carboxylic acids is 3.